The van der Waals surface area contributed by atoms with E-state index < -0.39 is 0 Å². The van der Waals surface area contributed by atoms with Crippen LogP contribution in [0.1, 0.15) is 23.3 Å². The molecule has 1 fully saturated rings. The third-order valence-electron chi connectivity index (χ3n) is 3.39. The number of halogens is 1. The molecule has 1 N–H and O–H groups in total. The quantitative estimate of drug-likeness (QED) is 0.939. The van der Waals surface area contributed by atoms with Gasteiger partial charge in [-0.15, -0.1) is 0 Å². The molecule has 5 nitrogen and oxygen atoms in total. The molecule has 1 aliphatic rings. The topological polar surface area (TPSA) is 64.4 Å². The van der Waals surface area contributed by atoms with Crippen molar-refractivity contribution in [3.63, 3.8) is 0 Å². The maximum atomic E-state index is 12.9. The smallest absolute Gasteiger partial charge is 0.273 e. The average Bonchev–Trinajstić information content (AvgIpc) is 3.17. The summed E-state index contributed by atoms with van der Waals surface area (Å²) >= 11 is 0. The summed E-state index contributed by atoms with van der Waals surface area (Å²) in [6, 6.07) is 7.34. The zero-order valence-electron chi connectivity index (χ0n) is 11.3. The molecule has 110 valence electrons. The van der Waals surface area contributed by atoms with E-state index in [1.54, 1.807) is 12.1 Å². The number of rotatable bonds is 4. The Hall–Kier alpha value is -2.21. The van der Waals surface area contributed by atoms with Gasteiger partial charge in [-0.25, -0.2) is 4.39 Å². The number of hydrogen-bond acceptors (Lipinski definition) is 4. The van der Waals surface area contributed by atoms with Gasteiger partial charge in [-0.05, 0) is 37.1 Å². The molecule has 2 aromatic rings. The summed E-state index contributed by atoms with van der Waals surface area (Å²) in [7, 11) is 0. The van der Waals surface area contributed by atoms with Gasteiger partial charge in [-0.3, -0.25) is 4.79 Å². The molecule has 6 heteroatoms. The molecule has 21 heavy (non-hydrogen) atoms. The SMILES string of the molecule is O=C(NC[C@H]1CCCO1)c1cc(-c2ccc(F)cc2)on1. The van der Waals surface area contributed by atoms with Crippen LogP contribution in [0.15, 0.2) is 34.9 Å². The summed E-state index contributed by atoms with van der Waals surface area (Å²) in [6.07, 6.45) is 2.07. The molecular weight excluding hydrogens is 275 g/mol. The summed E-state index contributed by atoms with van der Waals surface area (Å²) in [6.45, 7) is 1.22. The van der Waals surface area contributed by atoms with Crippen LogP contribution in [0.25, 0.3) is 11.3 Å². The van der Waals surface area contributed by atoms with Gasteiger partial charge in [-0.1, -0.05) is 5.16 Å². The van der Waals surface area contributed by atoms with Crippen LogP contribution in [0, 0.1) is 5.82 Å². The highest BCUT2D eigenvalue weighted by atomic mass is 19.1. The zero-order chi connectivity index (χ0) is 14.7. The van der Waals surface area contributed by atoms with Crippen LogP contribution in [0.2, 0.25) is 0 Å². The third-order valence-corrected chi connectivity index (χ3v) is 3.39. The average molecular weight is 290 g/mol. The second kappa shape index (κ2) is 6.05. The first-order valence-electron chi connectivity index (χ1n) is 6.85. The van der Waals surface area contributed by atoms with Gasteiger partial charge >= 0.3 is 0 Å². The van der Waals surface area contributed by atoms with Crippen molar-refractivity contribution >= 4 is 5.91 Å². The lowest BCUT2D eigenvalue weighted by Crippen LogP contribution is -2.31. The maximum Gasteiger partial charge on any atom is 0.273 e. The number of amides is 1. The number of nitrogens with zero attached hydrogens (tertiary/aromatic N) is 1. The Morgan fingerprint density at radius 2 is 2.19 bits per heavy atom. The van der Waals surface area contributed by atoms with Crippen molar-refractivity contribution in [1.82, 2.24) is 10.5 Å². The fourth-order valence-corrected chi connectivity index (χ4v) is 2.23. The first kappa shape index (κ1) is 13.8. The summed E-state index contributed by atoms with van der Waals surface area (Å²) in [5.74, 6) is -0.201. The minimum Gasteiger partial charge on any atom is -0.376 e. The molecule has 1 saturated heterocycles. The first-order valence-corrected chi connectivity index (χ1v) is 6.85. The molecule has 3 rings (SSSR count). The van der Waals surface area contributed by atoms with E-state index in [0.717, 1.165) is 19.4 Å². The molecule has 0 radical (unpaired) electrons. The number of aromatic nitrogens is 1. The van der Waals surface area contributed by atoms with E-state index in [0.29, 0.717) is 17.9 Å². The van der Waals surface area contributed by atoms with Gasteiger partial charge in [0, 0.05) is 24.8 Å². The van der Waals surface area contributed by atoms with E-state index >= 15 is 0 Å². The molecule has 0 bridgehead atoms. The lowest BCUT2D eigenvalue weighted by Gasteiger charge is -2.09. The molecule has 1 aromatic carbocycles. The Morgan fingerprint density at radius 3 is 2.90 bits per heavy atom. The van der Waals surface area contributed by atoms with Crippen LogP contribution in [0.4, 0.5) is 4.39 Å². The number of nitrogens with one attached hydrogen (secondary N) is 1. The molecule has 1 aromatic heterocycles. The molecule has 0 aliphatic carbocycles. The van der Waals surface area contributed by atoms with Gasteiger partial charge in [0.05, 0.1) is 6.10 Å². The van der Waals surface area contributed by atoms with E-state index in [2.05, 4.69) is 10.5 Å². The molecule has 2 heterocycles. The van der Waals surface area contributed by atoms with Crippen LogP contribution < -0.4 is 5.32 Å². The molecular formula is C15H15FN2O3. The molecule has 1 amide bonds. The summed E-state index contributed by atoms with van der Waals surface area (Å²) in [5, 5.41) is 6.51. The Bertz CT molecular complexity index is 618. The maximum absolute atomic E-state index is 12.9. The number of ether oxygens (including phenoxy) is 1. The van der Waals surface area contributed by atoms with Gasteiger partial charge < -0.3 is 14.6 Å². The van der Waals surface area contributed by atoms with Gasteiger partial charge in [0.2, 0.25) is 0 Å². The van der Waals surface area contributed by atoms with E-state index in [4.69, 9.17) is 9.26 Å². The van der Waals surface area contributed by atoms with Crippen LogP contribution in [-0.2, 0) is 4.74 Å². The fourth-order valence-electron chi connectivity index (χ4n) is 2.23. The monoisotopic (exact) mass is 290 g/mol. The highest BCUT2D eigenvalue weighted by Crippen LogP contribution is 2.20. The Kier molecular flexibility index (Phi) is 3.96. The minimum absolute atomic E-state index is 0.0809. The van der Waals surface area contributed by atoms with Crippen molar-refractivity contribution in [1.29, 1.82) is 0 Å². The second-order valence-electron chi connectivity index (χ2n) is 4.93. The first-order chi connectivity index (χ1) is 10.2. The minimum atomic E-state index is -0.326. The van der Waals surface area contributed by atoms with Gasteiger partial charge in [0.1, 0.15) is 5.82 Å². The van der Waals surface area contributed by atoms with Crippen LogP contribution in [0.5, 0.6) is 0 Å². The van der Waals surface area contributed by atoms with Crippen molar-refractivity contribution in [2.24, 2.45) is 0 Å². The molecule has 0 saturated carbocycles. The van der Waals surface area contributed by atoms with E-state index in [9.17, 15) is 9.18 Å². The Labute approximate surface area is 121 Å². The van der Waals surface area contributed by atoms with E-state index in [1.165, 1.54) is 18.2 Å². The molecule has 0 unspecified atom stereocenters. The van der Waals surface area contributed by atoms with Crippen LogP contribution >= 0.6 is 0 Å². The number of benzene rings is 1. The largest absolute Gasteiger partial charge is 0.376 e. The molecule has 1 aliphatic heterocycles. The predicted molar refractivity (Wildman–Crippen MR) is 73.2 cm³/mol. The van der Waals surface area contributed by atoms with Crippen LogP contribution in [0.3, 0.4) is 0 Å². The van der Waals surface area contributed by atoms with Gasteiger partial charge in [-0.2, -0.15) is 0 Å². The number of carbonyl (C=O) groups excluding carboxylic acids is 1. The second-order valence-corrected chi connectivity index (χ2v) is 4.93. The number of carbonyl (C=O) groups is 1. The lowest BCUT2D eigenvalue weighted by atomic mass is 10.1. The highest BCUT2D eigenvalue weighted by Gasteiger charge is 2.18. The lowest BCUT2D eigenvalue weighted by molar-refractivity contribution is 0.0850. The van der Waals surface area contributed by atoms with Gasteiger partial charge in [0.25, 0.3) is 5.91 Å². The van der Waals surface area contributed by atoms with E-state index in [1.807, 2.05) is 0 Å². The highest BCUT2D eigenvalue weighted by molar-refractivity contribution is 5.93. The molecule has 1 atom stereocenters. The van der Waals surface area contributed by atoms with Crippen molar-refractivity contribution < 1.29 is 18.4 Å². The van der Waals surface area contributed by atoms with Crippen molar-refractivity contribution in [3.05, 3.63) is 41.8 Å². The zero-order valence-corrected chi connectivity index (χ0v) is 11.3. The summed E-state index contributed by atoms with van der Waals surface area (Å²) < 4.78 is 23.4. The molecule has 0 spiro atoms. The number of hydrogen-bond donors (Lipinski definition) is 1. The van der Waals surface area contributed by atoms with E-state index in [-0.39, 0.29) is 23.5 Å². The van der Waals surface area contributed by atoms with Crippen molar-refractivity contribution in [3.8, 4) is 11.3 Å². The Balaban J connectivity index is 1.63. The predicted octanol–water partition coefficient (Wildman–Crippen LogP) is 2.39. The fraction of sp³-hybridized carbons (Fsp3) is 0.333. The normalized spacial score (nSPS) is 17.9. The summed E-state index contributed by atoms with van der Waals surface area (Å²) in [5.41, 5.74) is 0.870. The van der Waals surface area contributed by atoms with Gasteiger partial charge in [0.15, 0.2) is 11.5 Å². The van der Waals surface area contributed by atoms with Crippen molar-refractivity contribution in [2.75, 3.05) is 13.2 Å². The van der Waals surface area contributed by atoms with Crippen molar-refractivity contribution in [2.45, 2.75) is 18.9 Å². The van der Waals surface area contributed by atoms with Crippen LogP contribution in [-0.4, -0.2) is 30.3 Å². The summed E-state index contributed by atoms with van der Waals surface area (Å²) in [4.78, 5) is 12.0. The third kappa shape index (κ3) is 3.28. The Morgan fingerprint density at radius 1 is 1.38 bits per heavy atom. The standard InChI is InChI=1S/C15H15FN2O3/c16-11-5-3-10(4-6-11)14-8-13(18-21-14)15(19)17-9-12-2-1-7-20-12/h3-6,8,12H,1-2,7,9H2,(H,17,19)/t12-/m1/s1.